The maximum atomic E-state index is 13.1. The molecule has 0 spiro atoms. The smallest absolute Gasteiger partial charge is 0.205 e. The van der Waals surface area contributed by atoms with Gasteiger partial charge in [-0.1, -0.05) is 12.1 Å². The molecule has 0 atom stereocenters. The van der Waals surface area contributed by atoms with Gasteiger partial charge in [-0.2, -0.15) is 0 Å². The Hall–Kier alpha value is -2.17. The number of anilines is 1. The number of nitrogens with one attached hydrogen (secondary N) is 2. The standard InChI is InChI=1S/C12H11FN4/c13-9-3-1-2-8(6-9)10-7-11(14)17-5-4-15-12(17)16-10/h1-3,6-7,14H,4-5H2,(H,15,16). The number of benzene rings is 1. The van der Waals surface area contributed by atoms with Gasteiger partial charge in [0.2, 0.25) is 5.95 Å². The minimum absolute atomic E-state index is 0.294. The molecule has 2 aromatic rings. The molecule has 86 valence electrons. The van der Waals surface area contributed by atoms with E-state index in [0.717, 1.165) is 13.1 Å². The van der Waals surface area contributed by atoms with Gasteiger partial charge in [-0.25, -0.2) is 9.37 Å². The van der Waals surface area contributed by atoms with Crippen molar-refractivity contribution in [3.63, 3.8) is 0 Å². The first-order chi connectivity index (χ1) is 8.24. The summed E-state index contributed by atoms with van der Waals surface area (Å²) in [5.41, 5.74) is 1.70. The van der Waals surface area contributed by atoms with Gasteiger partial charge in [0, 0.05) is 24.7 Å². The van der Waals surface area contributed by atoms with Gasteiger partial charge in [-0.15, -0.1) is 0 Å². The van der Waals surface area contributed by atoms with Crippen LogP contribution in [-0.4, -0.2) is 16.1 Å². The largest absolute Gasteiger partial charge is 0.354 e. The Bertz CT molecular complexity index is 633. The molecular weight excluding hydrogens is 219 g/mol. The van der Waals surface area contributed by atoms with Crippen molar-refractivity contribution in [2.45, 2.75) is 6.54 Å². The van der Waals surface area contributed by atoms with Crippen LogP contribution in [0.2, 0.25) is 0 Å². The van der Waals surface area contributed by atoms with E-state index in [0.29, 0.717) is 22.7 Å². The quantitative estimate of drug-likeness (QED) is 0.781. The van der Waals surface area contributed by atoms with Crippen LogP contribution in [0.5, 0.6) is 0 Å². The maximum absolute atomic E-state index is 13.1. The van der Waals surface area contributed by atoms with Crippen molar-refractivity contribution >= 4 is 5.95 Å². The third kappa shape index (κ3) is 1.69. The molecule has 0 saturated carbocycles. The molecule has 0 unspecified atom stereocenters. The molecule has 2 heterocycles. The van der Waals surface area contributed by atoms with E-state index in [-0.39, 0.29) is 5.82 Å². The Balaban J connectivity index is 2.16. The lowest BCUT2D eigenvalue weighted by Crippen LogP contribution is -2.18. The first kappa shape index (κ1) is 10.0. The van der Waals surface area contributed by atoms with Gasteiger partial charge >= 0.3 is 0 Å². The number of rotatable bonds is 1. The van der Waals surface area contributed by atoms with E-state index in [1.165, 1.54) is 12.1 Å². The topological polar surface area (TPSA) is 53.7 Å². The summed E-state index contributed by atoms with van der Waals surface area (Å²) in [4.78, 5) is 4.39. The number of halogens is 1. The number of hydrogen-bond acceptors (Lipinski definition) is 3. The zero-order chi connectivity index (χ0) is 11.8. The summed E-state index contributed by atoms with van der Waals surface area (Å²) in [6.07, 6.45) is 0. The fourth-order valence-electron chi connectivity index (χ4n) is 1.96. The Morgan fingerprint density at radius 1 is 1.35 bits per heavy atom. The fraction of sp³-hybridized carbons (Fsp3) is 0.167. The monoisotopic (exact) mass is 230 g/mol. The van der Waals surface area contributed by atoms with Gasteiger partial charge in [-0.05, 0) is 12.1 Å². The number of aromatic nitrogens is 2. The summed E-state index contributed by atoms with van der Waals surface area (Å²) >= 11 is 0. The van der Waals surface area contributed by atoms with E-state index in [1.807, 2.05) is 0 Å². The third-order valence-electron chi connectivity index (χ3n) is 2.79. The molecule has 0 radical (unpaired) electrons. The first-order valence-corrected chi connectivity index (χ1v) is 5.40. The maximum Gasteiger partial charge on any atom is 0.205 e. The van der Waals surface area contributed by atoms with Crippen LogP contribution in [0.4, 0.5) is 10.3 Å². The van der Waals surface area contributed by atoms with Crippen LogP contribution in [0.25, 0.3) is 11.3 Å². The van der Waals surface area contributed by atoms with E-state index in [2.05, 4.69) is 10.3 Å². The van der Waals surface area contributed by atoms with Crippen molar-refractivity contribution in [2.75, 3.05) is 11.9 Å². The van der Waals surface area contributed by atoms with Gasteiger partial charge in [0.05, 0.1) is 5.69 Å². The molecule has 0 fully saturated rings. The predicted octanol–water partition coefficient (Wildman–Crippen LogP) is 1.59. The molecule has 0 aliphatic carbocycles. The van der Waals surface area contributed by atoms with Crippen LogP contribution in [0.1, 0.15) is 0 Å². The zero-order valence-electron chi connectivity index (χ0n) is 9.07. The molecule has 5 heteroatoms. The Morgan fingerprint density at radius 2 is 2.24 bits per heavy atom. The second-order valence-electron chi connectivity index (χ2n) is 3.94. The summed E-state index contributed by atoms with van der Waals surface area (Å²) in [5.74, 6) is 0.383. The average molecular weight is 230 g/mol. The van der Waals surface area contributed by atoms with Crippen LogP contribution in [0.3, 0.4) is 0 Å². The van der Waals surface area contributed by atoms with Gasteiger partial charge < -0.3 is 5.32 Å². The normalized spacial score (nSPS) is 13.2. The first-order valence-electron chi connectivity index (χ1n) is 5.40. The van der Waals surface area contributed by atoms with Gasteiger partial charge in [0.1, 0.15) is 11.3 Å². The number of hydrogen-bond donors (Lipinski definition) is 2. The van der Waals surface area contributed by atoms with Crippen molar-refractivity contribution in [3.8, 4) is 11.3 Å². The van der Waals surface area contributed by atoms with Crippen molar-refractivity contribution in [3.05, 3.63) is 41.6 Å². The number of fused-ring (bicyclic) bond motifs is 1. The highest BCUT2D eigenvalue weighted by molar-refractivity contribution is 5.60. The van der Waals surface area contributed by atoms with Gasteiger partial charge in [0.25, 0.3) is 0 Å². The molecule has 4 nitrogen and oxygen atoms in total. The van der Waals surface area contributed by atoms with E-state index >= 15 is 0 Å². The zero-order valence-corrected chi connectivity index (χ0v) is 9.07. The van der Waals surface area contributed by atoms with Crippen LogP contribution >= 0.6 is 0 Å². The van der Waals surface area contributed by atoms with Gasteiger partial charge in [0.15, 0.2) is 0 Å². The predicted molar refractivity (Wildman–Crippen MR) is 62.0 cm³/mol. The van der Waals surface area contributed by atoms with Crippen molar-refractivity contribution in [1.82, 2.24) is 9.55 Å². The Labute approximate surface area is 97.3 Å². The highest BCUT2D eigenvalue weighted by Crippen LogP contribution is 2.19. The average Bonchev–Trinajstić information content (AvgIpc) is 2.77. The molecule has 1 aromatic carbocycles. The summed E-state index contributed by atoms with van der Waals surface area (Å²) in [7, 11) is 0. The molecule has 0 amide bonds. The molecule has 1 aliphatic rings. The van der Waals surface area contributed by atoms with Crippen LogP contribution in [0.15, 0.2) is 30.3 Å². The lowest BCUT2D eigenvalue weighted by molar-refractivity contribution is 0.628. The molecular formula is C12H11FN4. The van der Waals surface area contributed by atoms with Crippen molar-refractivity contribution in [1.29, 1.82) is 5.41 Å². The van der Waals surface area contributed by atoms with E-state index in [1.54, 1.807) is 22.8 Å². The third-order valence-corrected chi connectivity index (χ3v) is 2.79. The highest BCUT2D eigenvalue weighted by Gasteiger charge is 2.12. The van der Waals surface area contributed by atoms with Crippen LogP contribution < -0.4 is 10.8 Å². The molecule has 3 rings (SSSR count). The molecule has 0 bridgehead atoms. The van der Waals surface area contributed by atoms with Crippen LogP contribution in [0, 0.1) is 11.2 Å². The summed E-state index contributed by atoms with van der Waals surface area (Å²) < 4.78 is 14.9. The molecule has 1 aliphatic heterocycles. The van der Waals surface area contributed by atoms with E-state index in [9.17, 15) is 4.39 Å². The summed E-state index contributed by atoms with van der Waals surface area (Å²) in [6.45, 7) is 1.54. The summed E-state index contributed by atoms with van der Waals surface area (Å²) in [6, 6.07) is 7.91. The highest BCUT2D eigenvalue weighted by atomic mass is 19.1. The molecule has 1 aromatic heterocycles. The van der Waals surface area contributed by atoms with E-state index in [4.69, 9.17) is 5.41 Å². The van der Waals surface area contributed by atoms with Crippen LogP contribution in [-0.2, 0) is 6.54 Å². The SMILES string of the molecule is N=c1cc(-c2cccc(F)c2)nc2n1CCN2. The fourth-order valence-corrected chi connectivity index (χ4v) is 1.96. The Kier molecular flexibility index (Phi) is 2.18. The van der Waals surface area contributed by atoms with Crippen molar-refractivity contribution in [2.24, 2.45) is 0 Å². The number of nitrogens with zero attached hydrogens (tertiary/aromatic N) is 2. The minimum Gasteiger partial charge on any atom is -0.354 e. The summed E-state index contributed by atoms with van der Waals surface area (Å²) in [5, 5.41) is 11.0. The molecule has 17 heavy (non-hydrogen) atoms. The minimum atomic E-state index is -0.294. The molecule has 0 saturated heterocycles. The lowest BCUT2D eigenvalue weighted by atomic mass is 10.1. The van der Waals surface area contributed by atoms with E-state index < -0.39 is 0 Å². The second kappa shape index (κ2) is 3.69. The lowest BCUT2D eigenvalue weighted by Gasteiger charge is -2.06. The van der Waals surface area contributed by atoms with Gasteiger partial charge in [-0.3, -0.25) is 9.98 Å². The second-order valence-corrected chi connectivity index (χ2v) is 3.94. The molecule has 2 N–H and O–H groups in total. The Morgan fingerprint density at radius 3 is 3.06 bits per heavy atom. The van der Waals surface area contributed by atoms with Crippen molar-refractivity contribution < 1.29 is 4.39 Å².